The summed E-state index contributed by atoms with van der Waals surface area (Å²) < 4.78 is 7.97. The number of para-hydroxylation sites is 2. The average molecular weight is 443 g/mol. The van der Waals surface area contributed by atoms with E-state index in [1.807, 2.05) is 32.9 Å². The number of aryl methyl sites for hydroxylation is 1. The van der Waals surface area contributed by atoms with Gasteiger partial charge in [0.05, 0.1) is 23.4 Å². The molecule has 0 fully saturated rings. The lowest BCUT2D eigenvalue weighted by molar-refractivity contribution is -0.113. The molecule has 8 nitrogen and oxygen atoms in total. The van der Waals surface area contributed by atoms with Crippen LogP contribution in [-0.2, 0) is 18.9 Å². The predicted molar refractivity (Wildman–Crippen MR) is 123 cm³/mol. The third kappa shape index (κ3) is 4.51. The second-order valence-corrected chi connectivity index (χ2v) is 8.35. The molecule has 31 heavy (non-hydrogen) atoms. The highest BCUT2D eigenvalue weighted by molar-refractivity contribution is 8.00. The van der Waals surface area contributed by atoms with Crippen molar-refractivity contribution in [3.63, 3.8) is 0 Å². The maximum atomic E-state index is 12.9. The topological polar surface area (TPSA) is 95.2 Å². The third-order valence-corrected chi connectivity index (χ3v) is 6.01. The van der Waals surface area contributed by atoms with Crippen LogP contribution in [0.5, 0.6) is 5.75 Å². The van der Waals surface area contributed by atoms with E-state index >= 15 is 0 Å². The van der Waals surface area contributed by atoms with Gasteiger partial charge < -0.3 is 10.1 Å². The van der Waals surface area contributed by atoms with Crippen molar-refractivity contribution in [2.24, 2.45) is 14.1 Å². The molecule has 3 aromatic rings. The van der Waals surface area contributed by atoms with Gasteiger partial charge in [-0.25, -0.2) is 9.78 Å². The van der Waals surface area contributed by atoms with Crippen LogP contribution in [-0.4, -0.2) is 32.4 Å². The van der Waals surface area contributed by atoms with E-state index in [2.05, 4.69) is 10.3 Å². The molecule has 0 aliphatic heterocycles. The van der Waals surface area contributed by atoms with E-state index in [-0.39, 0.29) is 17.6 Å². The Morgan fingerprint density at radius 1 is 1.19 bits per heavy atom. The fraction of sp³-hybridized carbons (Fsp3) is 0.364. The summed E-state index contributed by atoms with van der Waals surface area (Å²) >= 11 is 1.27. The zero-order valence-electron chi connectivity index (χ0n) is 18.3. The quantitative estimate of drug-likeness (QED) is 0.566. The van der Waals surface area contributed by atoms with Gasteiger partial charge in [0.2, 0.25) is 5.91 Å². The molecule has 2 aromatic heterocycles. The summed E-state index contributed by atoms with van der Waals surface area (Å²) in [7, 11) is 3.02. The summed E-state index contributed by atoms with van der Waals surface area (Å²) in [6.45, 7) is 6.37. The number of pyridine rings is 1. The van der Waals surface area contributed by atoms with E-state index in [4.69, 9.17) is 4.74 Å². The molecule has 1 amide bonds. The Labute approximate surface area is 184 Å². The summed E-state index contributed by atoms with van der Waals surface area (Å²) in [5, 5.41) is 3.22. The number of amides is 1. The molecule has 1 aromatic carbocycles. The Bertz CT molecular complexity index is 1250. The van der Waals surface area contributed by atoms with Crippen LogP contribution < -0.4 is 21.3 Å². The standard InChI is InChI=1S/C22H26N4O4S/c1-6-30-16-10-8-7-9-15(16)24-17(27)12-31-19-14(13(2)3)11-23-20-18(19)21(28)26(5)22(29)25(20)4/h7-11,13H,6,12H2,1-5H3,(H,24,27). The van der Waals surface area contributed by atoms with Gasteiger partial charge in [0.25, 0.3) is 5.56 Å². The average Bonchev–Trinajstić information content (AvgIpc) is 2.75. The van der Waals surface area contributed by atoms with Crippen molar-refractivity contribution in [2.75, 3.05) is 17.7 Å². The lowest BCUT2D eigenvalue weighted by Crippen LogP contribution is -2.37. The van der Waals surface area contributed by atoms with Crippen molar-refractivity contribution < 1.29 is 9.53 Å². The molecular formula is C22H26N4O4S. The van der Waals surface area contributed by atoms with E-state index in [1.165, 1.54) is 23.4 Å². The van der Waals surface area contributed by atoms with Gasteiger partial charge in [-0.2, -0.15) is 0 Å². The smallest absolute Gasteiger partial charge is 0.332 e. The summed E-state index contributed by atoms with van der Waals surface area (Å²) in [5.41, 5.74) is 0.899. The van der Waals surface area contributed by atoms with Crippen LogP contribution in [0, 0.1) is 0 Å². The molecule has 0 aliphatic rings. The van der Waals surface area contributed by atoms with Crippen molar-refractivity contribution >= 4 is 34.4 Å². The van der Waals surface area contributed by atoms with Gasteiger partial charge in [-0.05, 0) is 30.5 Å². The van der Waals surface area contributed by atoms with Gasteiger partial charge in [0, 0.05) is 25.2 Å². The number of nitrogens with one attached hydrogen (secondary N) is 1. The molecule has 2 heterocycles. The molecule has 1 N–H and O–H groups in total. The highest BCUT2D eigenvalue weighted by Gasteiger charge is 2.20. The fourth-order valence-electron chi connectivity index (χ4n) is 3.26. The lowest BCUT2D eigenvalue weighted by atomic mass is 10.0. The fourth-order valence-corrected chi connectivity index (χ4v) is 4.38. The Balaban J connectivity index is 1.97. The minimum atomic E-state index is -0.441. The summed E-state index contributed by atoms with van der Waals surface area (Å²) in [5.74, 6) is 0.552. The molecule has 3 rings (SSSR count). The highest BCUT2D eigenvalue weighted by atomic mass is 32.2. The van der Waals surface area contributed by atoms with Gasteiger partial charge in [-0.3, -0.25) is 18.7 Å². The summed E-state index contributed by atoms with van der Waals surface area (Å²) in [6.07, 6.45) is 1.68. The van der Waals surface area contributed by atoms with Gasteiger partial charge in [-0.1, -0.05) is 26.0 Å². The van der Waals surface area contributed by atoms with E-state index < -0.39 is 11.2 Å². The van der Waals surface area contributed by atoms with Crippen LogP contribution in [0.4, 0.5) is 5.69 Å². The van der Waals surface area contributed by atoms with Crippen LogP contribution in [0.2, 0.25) is 0 Å². The first kappa shape index (κ1) is 22.6. The first-order valence-electron chi connectivity index (χ1n) is 9.99. The van der Waals surface area contributed by atoms with Crippen LogP contribution in [0.15, 0.2) is 44.9 Å². The SMILES string of the molecule is CCOc1ccccc1NC(=O)CSc1c(C(C)C)cnc2c1c(=O)n(C)c(=O)n2C. The lowest BCUT2D eigenvalue weighted by Gasteiger charge is -2.16. The Hall–Kier alpha value is -3.07. The number of ether oxygens (including phenoxy) is 1. The highest BCUT2D eigenvalue weighted by Crippen LogP contribution is 2.33. The molecule has 0 bridgehead atoms. The number of nitrogens with zero attached hydrogens (tertiary/aromatic N) is 3. The van der Waals surface area contributed by atoms with E-state index in [0.29, 0.717) is 34.0 Å². The second-order valence-electron chi connectivity index (χ2n) is 7.37. The molecule has 0 radical (unpaired) electrons. The molecule has 0 unspecified atom stereocenters. The van der Waals surface area contributed by atoms with Gasteiger partial charge in [0.1, 0.15) is 11.4 Å². The molecular weight excluding hydrogens is 416 g/mol. The molecule has 0 atom stereocenters. The first-order chi connectivity index (χ1) is 14.8. The van der Waals surface area contributed by atoms with Gasteiger partial charge in [0.15, 0.2) is 0 Å². The van der Waals surface area contributed by atoms with E-state index in [9.17, 15) is 14.4 Å². The monoisotopic (exact) mass is 442 g/mol. The second kappa shape index (κ2) is 9.38. The molecule has 9 heteroatoms. The number of benzene rings is 1. The van der Waals surface area contributed by atoms with Crippen molar-refractivity contribution in [1.82, 2.24) is 14.1 Å². The maximum Gasteiger partial charge on any atom is 0.332 e. The number of rotatable bonds is 7. The van der Waals surface area contributed by atoms with Crippen molar-refractivity contribution in [3.05, 3.63) is 56.9 Å². The van der Waals surface area contributed by atoms with Crippen LogP contribution in [0.25, 0.3) is 11.0 Å². The molecule has 0 spiro atoms. The number of hydrogen-bond donors (Lipinski definition) is 1. The minimum absolute atomic E-state index is 0.0862. The first-order valence-corrected chi connectivity index (χ1v) is 11.0. The molecule has 164 valence electrons. The van der Waals surface area contributed by atoms with Gasteiger partial charge in [-0.15, -0.1) is 11.8 Å². The zero-order valence-corrected chi connectivity index (χ0v) is 19.1. The number of hydrogen-bond acceptors (Lipinski definition) is 6. The zero-order chi connectivity index (χ0) is 22.7. The number of carbonyl (C=O) groups excluding carboxylic acids is 1. The Morgan fingerprint density at radius 2 is 1.90 bits per heavy atom. The number of thioether (sulfide) groups is 1. The minimum Gasteiger partial charge on any atom is -0.492 e. The maximum absolute atomic E-state index is 12.9. The van der Waals surface area contributed by atoms with E-state index in [1.54, 1.807) is 25.4 Å². The number of fused-ring (bicyclic) bond motifs is 1. The normalized spacial score (nSPS) is 11.2. The third-order valence-electron chi connectivity index (χ3n) is 4.88. The van der Waals surface area contributed by atoms with Crippen LogP contribution in [0.1, 0.15) is 32.3 Å². The molecule has 0 aliphatic carbocycles. The summed E-state index contributed by atoms with van der Waals surface area (Å²) in [6, 6.07) is 7.24. The number of anilines is 1. The molecule has 0 saturated carbocycles. The predicted octanol–water partition coefficient (Wildman–Crippen LogP) is 2.89. The van der Waals surface area contributed by atoms with Crippen LogP contribution >= 0.6 is 11.8 Å². The van der Waals surface area contributed by atoms with Crippen molar-refractivity contribution in [2.45, 2.75) is 31.6 Å². The van der Waals surface area contributed by atoms with Crippen LogP contribution in [0.3, 0.4) is 0 Å². The Morgan fingerprint density at radius 3 is 2.58 bits per heavy atom. The van der Waals surface area contributed by atoms with Crippen molar-refractivity contribution in [3.8, 4) is 5.75 Å². The number of carbonyl (C=O) groups is 1. The van der Waals surface area contributed by atoms with E-state index in [0.717, 1.165) is 10.1 Å². The molecule has 0 saturated heterocycles. The largest absolute Gasteiger partial charge is 0.492 e. The van der Waals surface area contributed by atoms with Crippen molar-refractivity contribution in [1.29, 1.82) is 0 Å². The Kier molecular flexibility index (Phi) is 6.84. The van der Waals surface area contributed by atoms with Gasteiger partial charge >= 0.3 is 5.69 Å². The number of aromatic nitrogens is 3. The summed E-state index contributed by atoms with van der Waals surface area (Å²) in [4.78, 5) is 43.0.